The molecule has 5 heteroatoms. The van der Waals surface area contributed by atoms with Crippen LogP contribution < -0.4 is 5.32 Å². The number of carboxylic acids is 1. The lowest BCUT2D eigenvalue weighted by Crippen LogP contribution is -2.44. The summed E-state index contributed by atoms with van der Waals surface area (Å²) in [6.45, 7) is 3.30. The Balaban J connectivity index is 2.44. The smallest absolute Gasteiger partial charge is 0.326 e. The number of aliphatic carboxylic acids is 1. The lowest BCUT2D eigenvalue weighted by molar-refractivity contribution is -0.143. The Morgan fingerprint density at radius 2 is 2.10 bits per heavy atom. The Morgan fingerprint density at radius 1 is 1.40 bits per heavy atom. The van der Waals surface area contributed by atoms with Gasteiger partial charge in [0.15, 0.2) is 0 Å². The van der Waals surface area contributed by atoms with E-state index in [9.17, 15) is 9.59 Å². The Kier molecular flexibility index (Phi) is 2.54. The topological polar surface area (TPSA) is 82.2 Å². The lowest BCUT2D eigenvalue weighted by atomic mass is 10.1. The number of para-hydroxylation sites is 1. The summed E-state index contributed by atoms with van der Waals surface area (Å²) in [5.74, 6) is -2.14. The highest BCUT2D eigenvalue weighted by atomic mass is 16.4. The van der Waals surface area contributed by atoms with Gasteiger partial charge in [-0.15, -0.1) is 0 Å². The Hall–Kier alpha value is -2.30. The summed E-state index contributed by atoms with van der Waals surface area (Å²) >= 11 is 0. The molecule has 0 fully saturated rings. The SMILES string of the molecule is [2H]c1[nH]c2c([2H])c([2H])c([2H])c([2H])c2c1CC(=O)[15NH][C@H](C(=O)O)C(C)C. The minimum absolute atomic E-state index is 0.0532. The molecule has 0 spiro atoms. The summed E-state index contributed by atoms with van der Waals surface area (Å²) in [5.41, 5.74) is 0.157. The van der Waals surface area contributed by atoms with Gasteiger partial charge in [-0.05, 0) is 17.5 Å². The number of hydrogen-bond donors (Lipinski definition) is 3. The van der Waals surface area contributed by atoms with Crippen LogP contribution in [-0.2, 0) is 16.0 Å². The van der Waals surface area contributed by atoms with Gasteiger partial charge >= 0.3 is 5.97 Å². The number of nitrogens with one attached hydrogen (secondary N) is 2. The number of fused-ring (bicyclic) bond motifs is 1. The highest BCUT2D eigenvalue weighted by Crippen LogP contribution is 2.18. The van der Waals surface area contributed by atoms with Crippen molar-refractivity contribution in [1.29, 1.82) is 0 Å². The van der Waals surface area contributed by atoms with E-state index in [1.807, 2.05) is 0 Å². The highest BCUT2D eigenvalue weighted by Gasteiger charge is 2.23. The maximum Gasteiger partial charge on any atom is 0.326 e. The summed E-state index contributed by atoms with van der Waals surface area (Å²) in [4.78, 5) is 26.0. The Morgan fingerprint density at radius 3 is 2.75 bits per heavy atom. The molecule has 1 amide bonds. The van der Waals surface area contributed by atoms with Crippen molar-refractivity contribution in [1.82, 2.24) is 10.3 Å². The minimum Gasteiger partial charge on any atom is -0.480 e. The van der Waals surface area contributed by atoms with E-state index in [1.165, 1.54) is 0 Å². The molecule has 1 atom stereocenters. The summed E-state index contributed by atoms with van der Waals surface area (Å²) in [5, 5.41) is 11.6. The van der Waals surface area contributed by atoms with Gasteiger partial charge in [-0.1, -0.05) is 32.0 Å². The van der Waals surface area contributed by atoms with E-state index in [-0.39, 0.29) is 47.1 Å². The third-order valence-electron chi connectivity index (χ3n) is 2.91. The van der Waals surface area contributed by atoms with Crippen LogP contribution >= 0.6 is 0 Å². The van der Waals surface area contributed by atoms with Crippen molar-refractivity contribution in [2.75, 3.05) is 0 Å². The molecule has 0 unspecified atom stereocenters. The number of carboxylic acid groups (broad SMARTS) is 1. The van der Waals surface area contributed by atoms with Gasteiger partial charge in [0.2, 0.25) is 5.91 Å². The number of rotatable bonds is 5. The largest absolute Gasteiger partial charge is 0.480 e. The standard InChI is InChI=1S/C15H18N2O3/c1-9(2)14(15(19)20)17-13(18)7-10-8-16-12-6-4-3-5-11(10)12/h3-6,8-9,14,16H,7H2,1-2H3,(H,17,18)(H,19,20)/t14-/m0/s1/i3D,4D,5D,6D,8D,17+1. The monoisotopic (exact) mass is 280 g/mol. The molecule has 3 N–H and O–H groups in total. The number of H-pyrrole nitrogens is 1. The molecule has 0 saturated heterocycles. The minimum atomic E-state index is -1.17. The molecule has 0 aliphatic rings. The van der Waals surface area contributed by atoms with Gasteiger partial charge < -0.3 is 15.4 Å². The van der Waals surface area contributed by atoms with Crippen molar-refractivity contribution in [2.45, 2.75) is 26.3 Å². The average molecular weight is 280 g/mol. The molecule has 1 heterocycles. The number of benzene rings is 1. The van der Waals surface area contributed by atoms with Crippen molar-refractivity contribution in [3.05, 3.63) is 35.9 Å². The molecular formula is C15H18N2O3. The first-order valence-electron chi connectivity index (χ1n) is 8.65. The van der Waals surface area contributed by atoms with Gasteiger partial charge in [-0.3, -0.25) is 4.79 Å². The van der Waals surface area contributed by atoms with E-state index in [1.54, 1.807) is 13.8 Å². The fraction of sp³-hybridized carbons (Fsp3) is 0.333. The van der Waals surface area contributed by atoms with E-state index < -0.39 is 30.0 Å². The van der Waals surface area contributed by atoms with Gasteiger partial charge in [0.25, 0.3) is 0 Å². The first-order valence-corrected chi connectivity index (χ1v) is 6.15. The van der Waals surface area contributed by atoms with Gasteiger partial charge in [-0.25, -0.2) is 4.79 Å². The average Bonchev–Trinajstić information content (AvgIpc) is 2.85. The van der Waals surface area contributed by atoms with E-state index in [0.29, 0.717) is 0 Å². The fourth-order valence-electron chi connectivity index (χ4n) is 1.86. The van der Waals surface area contributed by atoms with Crippen LogP contribution in [0.5, 0.6) is 0 Å². The van der Waals surface area contributed by atoms with Crippen LogP contribution in [0, 0.1) is 5.92 Å². The first-order chi connectivity index (χ1) is 11.6. The molecule has 2 aromatic rings. The molecule has 0 aliphatic heterocycles. The molecule has 106 valence electrons. The highest BCUT2D eigenvalue weighted by molar-refractivity contribution is 5.90. The number of aromatic amines is 1. The maximum atomic E-state index is 12.2. The van der Waals surface area contributed by atoms with Crippen LogP contribution in [-0.4, -0.2) is 28.0 Å². The van der Waals surface area contributed by atoms with Crippen molar-refractivity contribution in [3.63, 3.8) is 0 Å². The van der Waals surface area contributed by atoms with Gasteiger partial charge in [0.1, 0.15) is 6.04 Å². The van der Waals surface area contributed by atoms with Crippen LogP contribution in [0.15, 0.2) is 30.3 Å². The molecule has 1 aromatic carbocycles. The third-order valence-corrected chi connectivity index (χ3v) is 2.91. The van der Waals surface area contributed by atoms with Gasteiger partial charge in [-0.2, -0.15) is 0 Å². The molecule has 0 aliphatic carbocycles. The number of carbonyl (C=O) groups excluding carboxylic acids is 1. The van der Waals surface area contributed by atoms with Crippen molar-refractivity contribution < 1.29 is 21.5 Å². The quantitative estimate of drug-likeness (QED) is 0.732. The first kappa shape index (κ1) is 8.79. The molecule has 1 aromatic heterocycles. The van der Waals surface area contributed by atoms with Crippen LogP contribution in [0.3, 0.4) is 0 Å². The summed E-state index contributed by atoms with van der Waals surface area (Å²) in [7, 11) is 0. The predicted octanol–water partition coefficient (Wildman–Crippen LogP) is 1.94. The molecule has 0 saturated carbocycles. The van der Waals surface area contributed by atoms with Gasteiger partial charge in [0.05, 0.1) is 13.3 Å². The molecule has 2 rings (SSSR count). The number of carbonyl (C=O) groups is 2. The maximum absolute atomic E-state index is 12.2. The second-order valence-corrected chi connectivity index (χ2v) is 4.78. The van der Waals surface area contributed by atoms with E-state index >= 15 is 0 Å². The molecule has 0 radical (unpaired) electrons. The zero-order valence-electron chi connectivity index (χ0n) is 16.1. The van der Waals surface area contributed by atoms with Crippen LogP contribution in [0.1, 0.15) is 26.3 Å². The van der Waals surface area contributed by atoms with E-state index in [4.69, 9.17) is 12.0 Å². The number of amides is 1. The lowest BCUT2D eigenvalue weighted by Gasteiger charge is -2.17. The molecule has 20 heavy (non-hydrogen) atoms. The van der Waals surface area contributed by atoms with Crippen LogP contribution in [0.2, 0.25) is 0 Å². The second-order valence-electron chi connectivity index (χ2n) is 4.78. The van der Waals surface area contributed by atoms with E-state index in [0.717, 1.165) is 0 Å². The Bertz CT molecular complexity index is 863. The second kappa shape index (κ2) is 5.77. The summed E-state index contributed by atoms with van der Waals surface area (Å²) in [6, 6.07) is -2.63. The normalized spacial score (nSPS) is 16.1. The zero-order chi connectivity index (χ0) is 19.0. The summed E-state index contributed by atoms with van der Waals surface area (Å²) < 4.78 is 39.2. The Labute approximate surface area is 124 Å². The van der Waals surface area contributed by atoms with Crippen LogP contribution in [0.4, 0.5) is 0 Å². The molecular weight excluding hydrogens is 257 g/mol. The summed E-state index contributed by atoms with van der Waals surface area (Å²) in [6.07, 6.45) is -0.564. The van der Waals surface area contributed by atoms with Gasteiger partial charge in [0, 0.05) is 17.1 Å². The predicted molar refractivity (Wildman–Crippen MR) is 76.4 cm³/mol. The van der Waals surface area contributed by atoms with Crippen LogP contribution in [0.25, 0.3) is 10.9 Å². The van der Waals surface area contributed by atoms with Crippen molar-refractivity contribution in [3.8, 4) is 0 Å². The molecule has 0 bridgehead atoms. The molecule has 5 nitrogen and oxygen atoms in total. The fourth-order valence-corrected chi connectivity index (χ4v) is 1.86. The third kappa shape index (κ3) is 2.99. The zero-order valence-corrected chi connectivity index (χ0v) is 11.1. The van der Waals surface area contributed by atoms with Crippen molar-refractivity contribution in [2.24, 2.45) is 5.92 Å². The number of aromatic nitrogens is 1. The number of hydrogen-bond acceptors (Lipinski definition) is 2. The van der Waals surface area contributed by atoms with Crippen molar-refractivity contribution >= 4 is 22.8 Å². The van der Waals surface area contributed by atoms with E-state index in [2.05, 4.69) is 10.3 Å².